The first kappa shape index (κ1) is 11.3. The number of carbonyl (C=O) groups excluding carboxylic acids is 1. The molecule has 2 fully saturated rings. The second-order valence-electron chi connectivity index (χ2n) is 4.84. The summed E-state index contributed by atoms with van der Waals surface area (Å²) in [6.45, 7) is 1.77. The van der Waals surface area contributed by atoms with Crippen molar-refractivity contribution in [2.45, 2.75) is 44.3 Å². The largest absolute Gasteiger partial charge is 0.390 e. The second-order valence-corrected chi connectivity index (χ2v) is 5.30. The molecule has 2 aliphatic carbocycles. The van der Waals surface area contributed by atoms with Crippen LogP contribution in [0.25, 0.3) is 0 Å². The van der Waals surface area contributed by atoms with Crippen molar-refractivity contribution in [2.24, 2.45) is 5.41 Å². The molecule has 0 aromatic rings. The van der Waals surface area contributed by atoms with Gasteiger partial charge in [0.15, 0.2) is 0 Å². The molecule has 0 spiro atoms. The Bertz CT molecular complexity index is 339. The first-order valence-corrected chi connectivity index (χ1v) is 6.07. The van der Waals surface area contributed by atoms with Gasteiger partial charge in [0.2, 0.25) is 0 Å². The summed E-state index contributed by atoms with van der Waals surface area (Å²) >= 11 is 3.23. The van der Waals surface area contributed by atoms with Gasteiger partial charge in [-0.25, -0.2) is 0 Å². The van der Waals surface area contributed by atoms with Crippen LogP contribution < -0.4 is 0 Å². The van der Waals surface area contributed by atoms with Gasteiger partial charge in [0.05, 0.1) is 11.5 Å². The van der Waals surface area contributed by atoms with Gasteiger partial charge in [0.25, 0.3) is 0 Å². The van der Waals surface area contributed by atoms with E-state index in [1.54, 1.807) is 11.9 Å². The average molecular weight is 275 g/mol. The van der Waals surface area contributed by atoms with Crippen molar-refractivity contribution in [3.8, 4) is 0 Å². The maximum atomic E-state index is 11.8. The van der Waals surface area contributed by atoms with Crippen LogP contribution in [0.15, 0.2) is 10.6 Å². The number of halogens is 1. The number of hydrogen-bond donors (Lipinski definition) is 2. The molecule has 0 unspecified atom stereocenters. The van der Waals surface area contributed by atoms with Gasteiger partial charge in [-0.15, -0.1) is 0 Å². The fourth-order valence-electron chi connectivity index (χ4n) is 2.91. The molecule has 4 heteroatoms. The first-order chi connectivity index (χ1) is 6.94. The molecule has 84 valence electrons. The van der Waals surface area contributed by atoms with Crippen LogP contribution in [0, 0.1) is 5.41 Å². The summed E-state index contributed by atoms with van der Waals surface area (Å²) in [6, 6.07) is 0. The average Bonchev–Trinajstić information content (AvgIpc) is 2.43. The number of hydrogen-bond acceptors (Lipinski definition) is 3. The van der Waals surface area contributed by atoms with Crippen molar-refractivity contribution < 1.29 is 15.0 Å². The molecule has 2 saturated carbocycles. The summed E-state index contributed by atoms with van der Waals surface area (Å²) in [5.41, 5.74) is -1.03. The molecule has 2 N–H and O–H groups in total. The minimum Gasteiger partial charge on any atom is -0.390 e. The monoisotopic (exact) mass is 274 g/mol. The van der Waals surface area contributed by atoms with Crippen LogP contribution in [0.2, 0.25) is 0 Å². The highest BCUT2D eigenvalue weighted by atomic mass is 79.9. The standard InChI is InChI=1S/C11H15BrO3/c1-10-5-7(6-12)4-9(14)11(10,15)3-2-8(10)13/h6,9,14-15H,2-5H2,1H3/b7-6-/t9-,10-,11+/m0/s1. The van der Waals surface area contributed by atoms with Crippen LogP contribution in [0.1, 0.15) is 32.6 Å². The van der Waals surface area contributed by atoms with Crippen molar-refractivity contribution in [1.29, 1.82) is 0 Å². The van der Waals surface area contributed by atoms with Gasteiger partial charge >= 0.3 is 0 Å². The lowest BCUT2D eigenvalue weighted by Crippen LogP contribution is -2.56. The molecule has 0 saturated heterocycles. The van der Waals surface area contributed by atoms with E-state index in [9.17, 15) is 15.0 Å². The molecule has 2 aliphatic rings. The second kappa shape index (κ2) is 3.40. The zero-order chi connectivity index (χ0) is 11.3. The fraction of sp³-hybridized carbons (Fsp3) is 0.727. The predicted octanol–water partition coefficient (Wildman–Crippen LogP) is 1.52. The smallest absolute Gasteiger partial charge is 0.142 e. The molecule has 2 rings (SSSR count). The third-order valence-electron chi connectivity index (χ3n) is 4.05. The van der Waals surface area contributed by atoms with Crippen LogP contribution >= 0.6 is 15.9 Å². The van der Waals surface area contributed by atoms with E-state index in [2.05, 4.69) is 15.9 Å². The Kier molecular flexibility index (Phi) is 2.56. The normalized spacial score (nSPS) is 48.4. The van der Waals surface area contributed by atoms with Crippen LogP contribution in [-0.4, -0.2) is 27.7 Å². The highest BCUT2D eigenvalue weighted by molar-refractivity contribution is 9.11. The lowest BCUT2D eigenvalue weighted by atomic mass is 9.63. The van der Waals surface area contributed by atoms with Gasteiger partial charge in [-0.3, -0.25) is 4.79 Å². The lowest BCUT2D eigenvalue weighted by molar-refractivity contribution is -0.161. The van der Waals surface area contributed by atoms with Gasteiger partial charge < -0.3 is 10.2 Å². The maximum Gasteiger partial charge on any atom is 0.142 e. The first-order valence-electron chi connectivity index (χ1n) is 5.16. The molecule has 3 atom stereocenters. The maximum absolute atomic E-state index is 11.8. The van der Waals surface area contributed by atoms with Gasteiger partial charge in [-0.1, -0.05) is 21.5 Å². The van der Waals surface area contributed by atoms with E-state index in [4.69, 9.17) is 0 Å². The zero-order valence-electron chi connectivity index (χ0n) is 8.66. The van der Waals surface area contributed by atoms with E-state index in [0.29, 0.717) is 25.7 Å². The quantitative estimate of drug-likeness (QED) is 0.704. The number of fused-ring (bicyclic) bond motifs is 1. The van der Waals surface area contributed by atoms with Crippen molar-refractivity contribution >= 4 is 21.7 Å². The molecular weight excluding hydrogens is 260 g/mol. The van der Waals surface area contributed by atoms with E-state index in [-0.39, 0.29) is 5.78 Å². The summed E-state index contributed by atoms with van der Waals surface area (Å²) < 4.78 is 0. The van der Waals surface area contributed by atoms with Crippen LogP contribution in [0.3, 0.4) is 0 Å². The number of carbonyl (C=O) groups is 1. The van der Waals surface area contributed by atoms with Crippen LogP contribution in [-0.2, 0) is 4.79 Å². The van der Waals surface area contributed by atoms with E-state index >= 15 is 0 Å². The van der Waals surface area contributed by atoms with E-state index < -0.39 is 17.1 Å². The van der Waals surface area contributed by atoms with E-state index in [0.717, 1.165) is 5.57 Å². The highest BCUT2D eigenvalue weighted by Gasteiger charge is 2.62. The number of aliphatic hydroxyl groups excluding tert-OH is 1. The molecular formula is C11H15BrO3. The predicted molar refractivity (Wildman–Crippen MR) is 59.5 cm³/mol. The van der Waals surface area contributed by atoms with Gasteiger partial charge in [-0.2, -0.15) is 0 Å². The van der Waals surface area contributed by atoms with Crippen LogP contribution in [0.5, 0.6) is 0 Å². The van der Waals surface area contributed by atoms with Crippen molar-refractivity contribution in [3.63, 3.8) is 0 Å². The minimum absolute atomic E-state index is 0.0654. The molecule has 0 radical (unpaired) electrons. The molecule has 0 aliphatic heterocycles. The SMILES string of the molecule is C[C@@]12C/C(=C\Br)C[C@H](O)[C@]1(O)CCC2=O. The van der Waals surface area contributed by atoms with Gasteiger partial charge in [0.1, 0.15) is 11.4 Å². The summed E-state index contributed by atoms with van der Waals surface area (Å²) in [7, 11) is 0. The Morgan fingerprint density at radius 3 is 2.87 bits per heavy atom. The van der Waals surface area contributed by atoms with Crippen molar-refractivity contribution in [1.82, 2.24) is 0 Å². The van der Waals surface area contributed by atoms with Crippen LogP contribution in [0.4, 0.5) is 0 Å². The summed E-state index contributed by atoms with van der Waals surface area (Å²) in [5.74, 6) is 0.0654. The Balaban J connectivity index is 2.44. The third-order valence-corrected chi connectivity index (χ3v) is 4.69. The molecule has 15 heavy (non-hydrogen) atoms. The Hall–Kier alpha value is -0.190. The third kappa shape index (κ3) is 1.35. The van der Waals surface area contributed by atoms with Gasteiger partial charge in [0, 0.05) is 6.42 Å². The highest BCUT2D eigenvalue weighted by Crippen LogP contribution is 2.54. The van der Waals surface area contributed by atoms with Gasteiger partial charge in [-0.05, 0) is 31.2 Å². The van der Waals surface area contributed by atoms with E-state index in [1.165, 1.54) is 0 Å². The van der Waals surface area contributed by atoms with Crippen molar-refractivity contribution in [2.75, 3.05) is 0 Å². The molecule has 0 bridgehead atoms. The molecule has 0 aromatic carbocycles. The Morgan fingerprint density at radius 2 is 2.27 bits per heavy atom. The molecule has 0 amide bonds. The summed E-state index contributed by atoms with van der Waals surface area (Å²) in [5, 5.41) is 20.4. The number of aliphatic hydroxyl groups is 2. The Labute approximate surface area is 97.3 Å². The number of ketones is 1. The van der Waals surface area contributed by atoms with E-state index in [1.807, 2.05) is 0 Å². The zero-order valence-corrected chi connectivity index (χ0v) is 10.2. The topological polar surface area (TPSA) is 57.5 Å². The minimum atomic E-state index is -1.22. The van der Waals surface area contributed by atoms with Crippen molar-refractivity contribution in [3.05, 3.63) is 10.6 Å². The number of Topliss-reactive ketones (excluding diaryl/α,β-unsaturated/α-hetero) is 1. The molecule has 0 aromatic heterocycles. The molecule has 0 heterocycles. The molecule has 3 nitrogen and oxygen atoms in total. The number of rotatable bonds is 0. The Morgan fingerprint density at radius 1 is 1.60 bits per heavy atom. The lowest BCUT2D eigenvalue weighted by Gasteiger charge is -2.46. The summed E-state index contributed by atoms with van der Waals surface area (Å²) in [4.78, 5) is 13.6. The fourth-order valence-corrected chi connectivity index (χ4v) is 3.26. The summed E-state index contributed by atoms with van der Waals surface area (Å²) in [6.07, 6.45) is 0.931.